The first-order valence-corrected chi connectivity index (χ1v) is 12.9. The fourth-order valence-electron chi connectivity index (χ4n) is 2.90. The number of rotatable bonds is 12. The van der Waals surface area contributed by atoms with Crippen molar-refractivity contribution in [3.8, 4) is 0 Å². The average molecular weight is 425 g/mol. The zero-order chi connectivity index (χ0) is 20.5. The van der Waals surface area contributed by atoms with Crippen LogP contribution >= 0.6 is 0 Å². The smallest absolute Gasteiger partial charge is 0.264 e. The second-order valence-corrected chi connectivity index (χ2v) is 10.6. The summed E-state index contributed by atoms with van der Waals surface area (Å²) in [4.78, 5) is 0.400. The zero-order valence-corrected chi connectivity index (χ0v) is 17.8. The van der Waals surface area contributed by atoms with E-state index in [0.717, 1.165) is 37.5 Å². The number of hydrogen-bond donors (Lipinski definition) is 0. The molecule has 0 N–H and O–H groups in total. The van der Waals surface area contributed by atoms with Gasteiger partial charge < -0.3 is 0 Å². The van der Waals surface area contributed by atoms with Crippen molar-refractivity contribution in [1.82, 2.24) is 0 Å². The monoisotopic (exact) mass is 424 g/mol. The molecule has 0 heterocycles. The third-order valence-corrected chi connectivity index (χ3v) is 6.85. The van der Waals surface area contributed by atoms with E-state index in [1.54, 1.807) is 24.3 Å². The molecule has 0 unspecified atom stereocenters. The minimum absolute atomic E-state index is 0.157. The minimum atomic E-state index is -3.39. The van der Waals surface area contributed by atoms with Gasteiger partial charge in [0.1, 0.15) is 0 Å². The summed E-state index contributed by atoms with van der Waals surface area (Å²) >= 11 is 0. The Hall–Kier alpha value is -1.70. The van der Waals surface area contributed by atoms with E-state index in [4.69, 9.17) is 4.18 Å². The van der Waals surface area contributed by atoms with E-state index in [0.29, 0.717) is 17.7 Å². The van der Waals surface area contributed by atoms with Crippen molar-refractivity contribution in [3.63, 3.8) is 0 Å². The molecule has 0 aliphatic heterocycles. The standard InChI is InChI=1S/C21H28O5S2/c1-27(22,23)26-17-16-20-14-12-19(13-15-20)9-5-2-3-8-18-28(24,25)21-10-6-4-7-11-21/h4,6-7,10-15H,2-3,5,8-9,16-18H2,1H3. The highest BCUT2D eigenvalue weighted by Gasteiger charge is 2.12. The molecular weight excluding hydrogens is 396 g/mol. The van der Waals surface area contributed by atoms with Gasteiger partial charge in [-0.2, -0.15) is 8.42 Å². The summed E-state index contributed by atoms with van der Waals surface area (Å²) in [6.45, 7) is 0.157. The van der Waals surface area contributed by atoms with Crippen LogP contribution in [0, 0.1) is 0 Å². The molecule has 0 aliphatic rings. The predicted molar refractivity (Wildman–Crippen MR) is 112 cm³/mol. The molecule has 2 rings (SSSR count). The lowest BCUT2D eigenvalue weighted by atomic mass is 10.0. The van der Waals surface area contributed by atoms with Crippen LogP contribution in [0.3, 0.4) is 0 Å². The molecule has 0 spiro atoms. The van der Waals surface area contributed by atoms with Gasteiger partial charge in [-0.3, -0.25) is 4.18 Å². The molecule has 0 aliphatic carbocycles. The van der Waals surface area contributed by atoms with Gasteiger partial charge in [0.25, 0.3) is 10.1 Å². The van der Waals surface area contributed by atoms with Gasteiger partial charge in [0.05, 0.1) is 23.5 Å². The molecule has 5 nitrogen and oxygen atoms in total. The highest BCUT2D eigenvalue weighted by molar-refractivity contribution is 7.91. The molecule has 0 radical (unpaired) electrons. The normalized spacial score (nSPS) is 12.2. The van der Waals surface area contributed by atoms with E-state index in [-0.39, 0.29) is 12.4 Å². The number of benzene rings is 2. The molecule has 28 heavy (non-hydrogen) atoms. The Labute approximate surface area is 168 Å². The molecule has 0 atom stereocenters. The van der Waals surface area contributed by atoms with Crippen LogP contribution in [-0.4, -0.2) is 35.5 Å². The molecule has 0 fully saturated rings. The molecule has 0 saturated heterocycles. The van der Waals surface area contributed by atoms with E-state index in [1.165, 1.54) is 5.56 Å². The third-order valence-electron chi connectivity index (χ3n) is 4.44. The molecular formula is C21H28O5S2. The quantitative estimate of drug-likeness (QED) is 0.383. The molecule has 2 aromatic rings. The Morgan fingerprint density at radius 3 is 1.89 bits per heavy atom. The van der Waals surface area contributed by atoms with Gasteiger partial charge in [-0.15, -0.1) is 0 Å². The number of unbranched alkanes of at least 4 members (excludes halogenated alkanes) is 3. The summed E-state index contributed by atoms with van der Waals surface area (Å²) in [6.07, 6.45) is 6.14. The van der Waals surface area contributed by atoms with Crippen LogP contribution in [0.4, 0.5) is 0 Å². The van der Waals surface area contributed by atoms with Crippen LogP contribution in [0.5, 0.6) is 0 Å². The molecule has 2 aromatic carbocycles. The van der Waals surface area contributed by atoms with E-state index in [9.17, 15) is 16.8 Å². The van der Waals surface area contributed by atoms with Crippen LogP contribution in [0.25, 0.3) is 0 Å². The van der Waals surface area contributed by atoms with E-state index in [1.807, 2.05) is 18.2 Å². The summed E-state index contributed by atoms with van der Waals surface area (Å²) in [5, 5.41) is 0. The number of sulfone groups is 1. The Kier molecular flexibility index (Phi) is 8.66. The lowest BCUT2D eigenvalue weighted by Crippen LogP contribution is -2.06. The molecule has 0 bridgehead atoms. The maximum atomic E-state index is 12.2. The van der Waals surface area contributed by atoms with Crippen molar-refractivity contribution in [1.29, 1.82) is 0 Å². The van der Waals surface area contributed by atoms with Gasteiger partial charge in [0, 0.05) is 0 Å². The fourth-order valence-corrected chi connectivity index (χ4v) is 4.68. The second kappa shape index (κ2) is 10.7. The van der Waals surface area contributed by atoms with Crippen LogP contribution in [0.1, 0.15) is 36.8 Å². The first kappa shape index (κ1) is 22.6. The van der Waals surface area contributed by atoms with Gasteiger partial charge in [-0.05, 0) is 48.9 Å². The van der Waals surface area contributed by atoms with Crippen LogP contribution in [-0.2, 0) is 37.0 Å². The Morgan fingerprint density at radius 2 is 1.29 bits per heavy atom. The topological polar surface area (TPSA) is 77.5 Å². The average Bonchev–Trinajstić information content (AvgIpc) is 2.65. The van der Waals surface area contributed by atoms with Gasteiger partial charge >= 0.3 is 0 Å². The Balaban J connectivity index is 1.63. The van der Waals surface area contributed by atoms with E-state index >= 15 is 0 Å². The van der Waals surface area contributed by atoms with Gasteiger partial charge in [-0.1, -0.05) is 55.3 Å². The summed E-state index contributed by atoms with van der Waals surface area (Å²) in [7, 11) is -6.55. The first-order valence-electron chi connectivity index (χ1n) is 9.46. The number of hydrogen-bond acceptors (Lipinski definition) is 5. The van der Waals surface area contributed by atoms with Crippen molar-refractivity contribution < 1.29 is 21.0 Å². The van der Waals surface area contributed by atoms with Crippen LogP contribution in [0.2, 0.25) is 0 Å². The molecule has 0 amide bonds. The largest absolute Gasteiger partial charge is 0.270 e. The summed E-state index contributed by atoms with van der Waals surface area (Å²) in [5.41, 5.74) is 2.27. The highest BCUT2D eigenvalue weighted by atomic mass is 32.2. The SMILES string of the molecule is CS(=O)(=O)OCCc1ccc(CCCCCCS(=O)(=O)c2ccccc2)cc1. The van der Waals surface area contributed by atoms with Crippen molar-refractivity contribution in [2.75, 3.05) is 18.6 Å². The summed E-state index contributed by atoms with van der Waals surface area (Å²) in [5.74, 6) is 0.196. The van der Waals surface area contributed by atoms with Gasteiger partial charge in [0.15, 0.2) is 9.84 Å². The Bertz CT molecular complexity index is 919. The lowest BCUT2D eigenvalue weighted by Gasteiger charge is -2.06. The van der Waals surface area contributed by atoms with Gasteiger partial charge in [0.2, 0.25) is 0 Å². The third kappa shape index (κ3) is 8.54. The van der Waals surface area contributed by atoms with Crippen molar-refractivity contribution in [2.45, 2.75) is 43.4 Å². The molecule has 0 aromatic heterocycles. The van der Waals surface area contributed by atoms with Gasteiger partial charge in [-0.25, -0.2) is 8.42 Å². The summed E-state index contributed by atoms with van der Waals surface area (Å²) in [6, 6.07) is 16.7. The Morgan fingerprint density at radius 1 is 0.714 bits per heavy atom. The van der Waals surface area contributed by atoms with Crippen molar-refractivity contribution in [3.05, 3.63) is 65.7 Å². The first-order chi connectivity index (χ1) is 13.3. The maximum Gasteiger partial charge on any atom is 0.264 e. The highest BCUT2D eigenvalue weighted by Crippen LogP contribution is 2.14. The predicted octanol–water partition coefficient (Wildman–Crippen LogP) is 3.78. The van der Waals surface area contributed by atoms with E-state index in [2.05, 4.69) is 12.1 Å². The minimum Gasteiger partial charge on any atom is -0.270 e. The number of aryl methyl sites for hydroxylation is 1. The molecule has 7 heteroatoms. The molecule has 154 valence electrons. The van der Waals surface area contributed by atoms with Crippen molar-refractivity contribution >= 4 is 20.0 Å². The summed E-state index contributed by atoms with van der Waals surface area (Å²) < 4.78 is 51.0. The van der Waals surface area contributed by atoms with Crippen LogP contribution in [0.15, 0.2) is 59.5 Å². The maximum absolute atomic E-state index is 12.2. The molecule has 0 saturated carbocycles. The fraction of sp³-hybridized carbons (Fsp3) is 0.429. The second-order valence-electron chi connectivity index (χ2n) is 6.89. The zero-order valence-electron chi connectivity index (χ0n) is 16.2. The van der Waals surface area contributed by atoms with Crippen molar-refractivity contribution in [2.24, 2.45) is 0 Å². The van der Waals surface area contributed by atoms with E-state index < -0.39 is 20.0 Å². The lowest BCUT2D eigenvalue weighted by molar-refractivity contribution is 0.326. The van der Waals surface area contributed by atoms with Crippen LogP contribution < -0.4 is 0 Å².